The van der Waals surface area contributed by atoms with Gasteiger partial charge >= 0.3 is 0 Å². The molecule has 0 radical (unpaired) electrons. The van der Waals surface area contributed by atoms with Crippen LogP contribution in [0.2, 0.25) is 0 Å². The predicted molar refractivity (Wildman–Crippen MR) is 71.6 cm³/mol. The third-order valence-corrected chi connectivity index (χ3v) is 3.22. The number of nitrogens with one attached hydrogen (secondary N) is 1. The molecular formula is C13H21N5O. The van der Waals surface area contributed by atoms with Crippen LogP contribution in [0.3, 0.4) is 0 Å². The maximum Gasteiger partial charge on any atom is 0.230 e. The molecule has 2 aromatic heterocycles. The van der Waals surface area contributed by atoms with Crippen LogP contribution in [0.25, 0.3) is 0 Å². The van der Waals surface area contributed by atoms with Gasteiger partial charge in [-0.3, -0.25) is 4.68 Å². The molecule has 19 heavy (non-hydrogen) atoms. The number of rotatable bonds is 6. The molecule has 0 aliphatic carbocycles. The van der Waals surface area contributed by atoms with Gasteiger partial charge in [-0.2, -0.15) is 5.10 Å². The van der Waals surface area contributed by atoms with E-state index in [1.165, 1.54) is 0 Å². The lowest BCUT2D eigenvalue weighted by atomic mass is 10.2. The minimum atomic E-state index is 0.259. The summed E-state index contributed by atoms with van der Waals surface area (Å²) < 4.78 is 7.49. The lowest BCUT2D eigenvalue weighted by Crippen LogP contribution is -2.33. The van der Waals surface area contributed by atoms with E-state index in [1.54, 1.807) is 6.20 Å². The molecule has 2 rings (SSSR count). The van der Waals surface area contributed by atoms with Crippen LogP contribution in [0.1, 0.15) is 51.4 Å². The molecule has 0 saturated carbocycles. The minimum absolute atomic E-state index is 0.259. The minimum Gasteiger partial charge on any atom is -0.424 e. The van der Waals surface area contributed by atoms with Crippen LogP contribution >= 0.6 is 0 Å². The zero-order chi connectivity index (χ0) is 13.8. The molecule has 2 unspecified atom stereocenters. The van der Waals surface area contributed by atoms with Crippen molar-refractivity contribution in [3.8, 4) is 0 Å². The van der Waals surface area contributed by atoms with E-state index in [1.807, 2.05) is 30.8 Å². The zero-order valence-electron chi connectivity index (χ0n) is 11.9. The number of hydrogen-bond donors (Lipinski definition) is 1. The molecular weight excluding hydrogens is 242 g/mol. The topological polar surface area (TPSA) is 68.8 Å². The summed E-state index contributed by atoms with van der Waals surface area (Å²) in [5.41, 5.74) is 0. The molecule has 0 spiro atoms. The van der Waals surface area contributed by atoms with Crippen molar-refractivity contribution >= 4 is 0 Å². The summed E-state index contributed by atoms with van der Waals surface area (Å²) in [6, 6.07) is 2.45. The molecule has 0 aliphatic heterocycles. The van der Waals surface area contributed by atoms with E-state index in [2.05, 4.69) is 34.5 Å². The smallest absolute Gasteiger partial charge is 0.230 e. The van der Waals surface area contributed by atoms with Crippen LogP contribution in [-0.2, 0) is 6.54 Å². The molecule has 2 heterocycles. The van der Waals surface area contributed by atoms with Crippen molar-refractivity contribution < 1.29 is 4.42 Å². The van der Waals surface area contributed by atoms with Gasteiger partial charge in [-0.25, -0.2) is 0 Å². The fraction of sp³-hybridized carbons (Fsp3) is 0.615. The van der Waals surface area contributed by atoms with Gasteiger partial charge in [-0.1, -0.05) is 13.8 Å². The molecule has 0 bridgehead atoms. The Morgan fingerprint density at radius 1 is 1.26 bits per heavy atom. The summed E-state index contributed by atoms with van der Waals surface area (Å²) in [7, 11) is 0. The van der Waals surface area contributed by atoms with Gasteiger partial charge in [-0.15, -0.1) is 10.2 Å². The molecule has 6 nitrogen and oxygen atoms in total. The zero-order valence-corrected chi connectivity index (χ0v) is 11.9. The predicted octanol–water partition coefficient (Wildman–Crippen LogP) is 2.13. The quantitative estimate of drug-likeness (QED) is 0.864. The third-order valence-electron chi connectivity index (χ3n) is 3.22. The third kappa shape index (κ3) is 3.41. The second kappa shape index (κ2) is 5.97. The Morgan fingerprint density at radius 3 is 2.63 bits per heavy atom. The van der Waals surface area contributed by atoms with Gasteiger partial charge in [0.15, 0.2) is 0 Å². The SMILES string of the molecule is CC(C)c1nnc(CNC(C)C(C)n2cccn2)o1. The van der Waals surface area contributed by atoms with Gasteiger partial charge in [-0.05, 0) is 19.9 Å². The summed E-state index contributed by atoms with van der Waals surface area (Å²) in [6.07, 6.45) is 3.75. The fourth-order valence-corrected chi connectivity index (χ4v) is 1.74. The van der Waals surface area contributed by atoms with Crippen molar-refractivity contribution in [2.24, 2.45) is 0 Å². The van der Waals surface area contributed by atoms with Crippen LogP contribution < -0.4 is 5.32 Å². The average molecular weight is 263 g/mol. The molecule has 0 saturated heterocycles. The standard InChI is InChI=1S/C13H21N5O/c1-9(2)13-17-16-12(19-13)8-14-10(3)11(4)18-7-5-6-15-18/h5-7,9-11,14H,8H2,1-4H3. The van der Waals surface area contributed by atoms with E-state index in [-0.39, 0.29) is 18.0 Å². The monoisotopic (exact) mass is 263 g/mol. The van der Waals surface area contributed by atoms with Crippen LogP contribution in [-0.4, -0.2) is 26.0 Å². The molecule has 2 atom stereocenters. The number of hydrogen-bond acceptors (Lipinski definition) is 5. The van der Waals surface area contributed by atoms with Gasteiger partial charge in [0.25, 0.3) is 0 Å². The number of nitrogens with zero attached hydrogens (tertiary/aromatic N) is 4. The molecule has 6 heteroatoms. The maximum absolute atomic E-state index is 5.56. The van der Waals surface area contributed by atoms with Crippen molar-refractivity contribution in [3.05, 3.63) is 30.2 Å². The maximum atomic E-state index is 5.56. The molecule has 0 fully saturated rings. The van der Waals surface area contributed by atoms with Gasteiger partial charge in [0.05, 0.1) is 12.6 Å². The van der Waals surface area contributed by atoms with E-state index < -0.39 is 0 Å². The van der Waals surface area contributed by atoms with Crippen molar-refractivity contribution in [2.75, 3.05) is 0 Å². The van der Waals surface area contributed by atoms with Crippen molar-refractivity contribution in [2.45, 2.75) is 52.2 Å². The first kappa shape index (κ1) is 13.7. The molecule has 1 N–H and O–H groups in total. The highest BCUT2D eigenvalue weighted by Gasteiger charge is 2.15. The van der Waals surface area contributed by atoms with Gasteiger partial charge in [0.2, 0.25) is 11.8 Å². The van der Waals surface area contributed by atoms with Crippen molar-refractivity contribution in [3.63, 3.8) is 0 Å². The summed E-state index contributed by atoms with van der Waals surface area (Å²) in [6.45, 7) is 8.89. The van der Waals surface area contributed by atoms with E-state index in [9.17, 15) is 0 Å². The van der Waals surface area contributed by atoms with Crippen molar-refractivity contribution in [1.82, 2.24) is 25.3 Å². The fourth-order valence-electron chi connectivity index (χ4n) is 1.74. The number of aromatic nitrogens is 4. The largest absolute Gasteiger partial charge is 0.424 e. The molecule has 104 valence electrons. The summed E-state index contributed by atoms with van der Waals surface area (Å²) in [5, 5.41) is 15.7. The summed E-state index contributed by atoms with van der Waals surface area (Å²) in [5.74, 6) is 1.58. The second-order valence-electron chi connectivity index (χ2n) is 5.08. The van der Waals surface area contributed by atoms with Crippen LogP contribution in [0.15, 0.2) is 22.9 Å². The van der Waals surface area contributed by atoms with Crippen LogP contribution in [0, 0.1) is 0 Å². The first-order valence-electron chi connectivity index (χ1n) is 6.62. The highest BCUT2D eigenvalue weighted by molar-refractivity contribution is 4.88. The van der Waals surface area contributed by atoms with Gasteiger partial charge in [0.1, 0.15) is 0 Å². The van der Waals surface area contributed by atoms with Gasteiger partial charge in [0, 0.05) is 24.4 Å². The van der Waals surface area contributed by atoms with Crippen LogP contribution in [0.4, 0.5) is 0 Å². The van der Waals surface area contributed by atoms with Gasteiger partial charge < -0.3 is 9.73 Å². The van der Waals surface area contributed by atoms with E-state index in [0.717, 1.165) is 0 Å². The summed E-state index contributed by atoms with van der Waals surface area (Å²) >= 11 is 0. The Bertz CT molecular complexity index is 491. The molecule has 0 aromatic carbocycles. The normalized spacial score (nSPS) is 14.8. The Balaban J connectivity index is 1.87. The Labute approximate surface area is 113 Å². The Kier molecular flexibility index (Phi) is 4.31. The van der Waals surface area contributed by atoms with E-state index in [4.69, 9.17) is 4.42 Å². The Hall–Kier alpha value is -1.69. The Morgan fingerprint density at radius 2 is 2.05 bits per heavy atom. The highest BCUT2D eigenvalue weighted by atomic mass is 16.4. The van der Waals surface area contributed by atoms with Crippen molar-refractivity contribution in [1.29, 1.82) is 0 Å². The summed E-state index contributed by atoms with van der Waals surface area (Å²) in [4.78, 5) is 0. The first-order valence-corrected chi connectivity index (χ1v) is 6.62. The molecule has 2 aromatic rings. The highest BCUT2D eigenvalue weighted by Crippen LogP contribution is 2.13. The molecule has 0 aliphatic rings. The van der Waals surface area contributed by atoms with Crippen LogP contribution in [0.5, 0.6) is 0 Å². The average Bonchev–Trinajstić information content (AvgIpc) is 3.05. The second-order valence-corrected chi connectivity index (χ2v) is 5.08. The molecule has 0 amide bonds. The first-order chi connectivity index (χ1) is 9.08. The van der Waals surface area contributed by atoms with E-state index in [0.29, 0.717) is 18.3 Å². The lowest BCUT2D eigenvalue weighted by molar-refractivity contribution is 0.342. The van der Waals surface area contributed by atoms with E-state index >= 15 is 0 Å². The lowest BCUT2D eigenvalue weighted by Gasteiger charge is -2.20.